The summed E-state index contributed by atoms with van der Waals surface area (Å²) in [4.78, 5) is 41.7. The molecule has 0 bridgehead atoms. The van der Waals surface area contributed by atoms with E-state index in [2.05, 4.69) is 20.9 Å². The Balaban J connectivity index is 1.23. The Morgan fingerprint density at radius 3 is 2.28 bits per heavy atom. The van der Waals surface area contributed by atoms with Gasteiger partial charge in [0.2, 0.25) is 11.8 Å². The zero-order valence-electron chi connectivity index (χ0n) is 25.4. The first kappa shape index (κ1) is 33.2. The number of hydrogen-bond acceptors (Lipinski definition) is 10. The van der Waals surface area contributed by atoms with Crippen LogP contribution in [0.1, 0.15) is 19.3 Å². The molecule has 1 heterocycles. The van der Waals surface area contributed by atoms with Crippen molar-refractivity contribution in [3.63, 3.8) is 0 Å². The van der Waals surface area contributed by atoms with Gasteiger partial charge in [-0.3, -0.25) is 19.4 Å². The van der Waals surface area contributed by atoms with Gasteiger partial charge in [0, 0.05) is 35.1 Å². The number of ether oxygens (including phenoxy) is 3. The van der Waals surface area contributed by atoms with E-state index in [0.717, 1.165) is 6.07 Å². The van der Waals surface area contributed by atoms with Crippen LogP contribution >= 0.6 is 0 Å². The number of amides is 2. The molecule has 12 nitrogen and oxygen atoms in total. The van der Waals surface area contributed by atoms with Gasteiger partial charge in [0.15, 0.2) is 28.8 Å². The van der Waals surface area contributed by atoms with Gasteiger partial charge in [0.05, 0.1) is 32.3 Å². The largest absolute Gasteiger partial charge is 0.493 e. The highest BCUT2D eigenvalue weighted by Crippen LogP contribution is 2.47. The standard InChI is InChI=1S/C33H33F2N5O7/c1-45-29-17-26-24(16-30(29)46-14-2-12-36-18-23(41)19-38-44)27(9-13-37-26)47-28-8-7-22(15-25(28)35)40-32(43)33(10-11-33)31(42)39-21-5-3-20(34)4-6-21/h3-9,13,15-17,36,38,44H,2,10-12,14,18-19H2,1H3,(H,39,42)(H,40,43). The molecule has 0 unspecified atom stereocenters. The number of hydrogen-bond donors (Lipinski definition) is 5. The molecule has 47 heavy (non-hydrogen) atoms. The van der Waals surface area contributed by atoms with E-state index in [0.29, 0.717) is 66.3 Å². The predicted molar refractivity (Wildman–Crippen MR) is 168 cm³/mol. The number of fused-ring (bicyclic) bond motifs is 1. The van der Waals surface area contributed by atoms with E-state index in [4.69, 9.17) is 19.4 Å². The quantitative estimate of drug-likeness (QED) is 0.0661. The maximum absolute atomic E-state index is 15.2. The van der Waals surface area contributed by atoms with Crippen molar-refractivity contribution in [2.24, 2.45) is 5.41 Å². The van der Waals surface area contributed by atoms with E-state index in [1.165, 1.54) is 49.7 Å². The van der Waals surface area contributed by atoms with E-state index in [1.807, 2.05) is 5.48 Å². The lowest BCUT2D eigenvalue weighted by molar-refractivity contribution is -0.131. The van der Waals surface area contributed by atoms with Crippen LogP contribution in [-0.2, 0) is 14.4 Å². The summed E-state index contributed by atoms with van der Waals surface area (Å²) in [5, 5.41) is 17.3. The van der Waals surface area contributed by atoms with Crippen molar-refractivity contribution in [1.82, 2.24) is 15.8 Å². The van der Waals surface area contributed by atoms with Crippen LogP contribution in [0.3, 0.4) is 0 Å². The second-order valence-corrected chi connectivity index (χ2v) is 10.8. The van der Waals surface area contributed by atoms with Crippen LogP contribution in [0.5, 0.6) is 23.0 Å². The lowest BCUT2D eigenvalue weighted by atomic mass is 10.0. The second-order valence-electron chi connectivity index (χ2n) is 10.8. The lowest BCUT2D eigenvalue weighted by Crippen LogP contribution is -2.35. The summed E-state index contributed by atoms with van der Waals surface area (Å²) < 4.78 is 45.7. The van der Waals surface area contributed by atoms with Gasteiger partial charge in [0.25, 0.3) is 0 Å². The van der Waals surface area contributed by atoms with E-state index < -0.39 is 28.9 Å². The molecular weight excluding hydrogens is 616 g/mol. The summed E-state index contributed by atoms with van der Waals surface area (Å²) in [6.07, 6.45) is 2.73. The van der Waals surface area contributed by atoms with Crippen molar-refractivity contribution in [1.29, 1.82) is 0 Å². The van der Waals surface area contributed by atoms with Gasteiger partial charge < -0.3 is 35.4 Å². The molecule has 1 aliphatic rings. The molecule has 0 spiro atoms. The molecule has 246 valence electrons. The fourth-order valence-corrected chi connectivity index (χ4v) is 4.74. The third kappa shape index (κ3) is 8.16. The molecule has 3 aromatic carbocycles. The molecule has 5 rings (SSSR count). The Morgan fingerprint density at radius 1 is 0.872 bits per heavy atom. The maximum atomic E-state index is 15.2. The molecule has 4 aromatic rings. The van der Waals surface area contributed by atoms with Crippen molar-refractivity contribution in [3.05, 3.63) is 78.5 Å². The van der Waals surface area contributed by atoms with E-state index in [9.17, 15) is 18.8 Å². The number of ketones is 1. The average Bonchev–Trinajstić information content (AvgIpc) is 3.88. The number of nitrogens with zero attached hydrogens (tertiary/aromatic N) is 1. The fourth-order valence-electron chi connectivity index (χ4n) is 4.74. The van der Waals surface area contributed by atoms with Gasteiger partial charge in [-0.2, -0.15) is 5.48 Å². The summed E-state index contributed by atoms with van der Waals surface area (Å²) in [6.45, 7) is 0.778. The van der Waals surface area contributed by atoms with Gasteiger partial charge >= 0.3 is 0 Å². The van der Waals surface area contributed by atoms with Crippen LogP contribution in [0.4, 0.5) is 20.2 Å². The minimum Gasteiger partial charge on any atom is -0.493 e. The first-order chi connectivity index (χ1) is 22.7. The molecule has 1 fully saturated rings. The molecule has 14 heteroatoms. The highest BCUT2D eigenvalue weighted by molar-refractivity contribution is 6.16. The molecule has 0 saturated heterocycles. The summed E-state index contributed by atoms with van der Waals surface area (Å²) in [5.41, 5.74) is 1.54. The number of aromatic nitrogens is 1. The number of benzene rings is 3. The summed E-state index contributed by atoms with van der Waals surface area (Å²) in [6, 6.07) is 14.1. The molecule has 1 aromatic heterocycles. The van der Waals surface area contributed by atoms with Crippen LogP contribution in [-0.4, -0.2) is 61.1 Å². The van der Waals surface area contributed by atoms with Crippen molar-refractivity contribution in [2.45, 2.75) is 19.3 Å². The van der Waals surface area contributed by atoms with Crippen molar-refractivity contribution >= 4 is 39.9 Å². The molecule has 5 N–H and O–H groups in total. The minimum atomic E-state index is -1.30. The number of halogens is 2. The monoisotopic (exact) mass is 649 g/mol. The topological polar surface area (TPSA) is 160 Å². The first-order valence-electron chi connectivity index (χ1n) is 14.8. The van der Waals surface area contributed by atoms with Gasteiger partial charge in [-0.25, -0.2) is 8.78 Å². The molecule has 0 aliphatic heterocycles. The molecule has 2 amide bonds. The van der Waals surface area contributed by atoms with Crippen LogP contribution in [0, 0.1) is 17.0 Å². The third-order valence-corrected chi connectivity index (χ3v) is 7.47. The molecule has 1 aliphatic carbocycles. The smallest absolute Gasteiger partial charge is 0.240 e. The number of carbonyl (C=O) groups excluding carboxylic acids is 3. The highest BCUT2D eigenvalue weighted by atomic mass is 19.1. The lowest BCUT2D eigenvalue weighted by Gasteiger charge is -2.16. The van der Waals surface area contributed by atoms with Gasteiger partial charge in [-0.1, -0.05) is 0 Å². The van der Waals surface area contributed by atoms with Crippen LogP contribution in [0.15, 0.2) is 66.9 Å². The number of hydroxylamine groups is 1. The Labute approximate surface area is 268 Å². The predicted octanol–water partition coefficient (Wildman–Crippen LogP) is 4.58. The van der Waals surface area contributed by atoms with Crippen LogP contribution in [0.2, 0.25) is 0 Å². The summed E-state index contributed by atoms with van der Waals surface area (Å²) in [7, 11) is 1.50. The van der Waals surface area contributed by atoms with Crippen LogP contribution in [0.25, 0.3) is 10.9 Å². The Morgan fingerprint density at radius 2 is 1.60 bits per heavy atom. The maximum Gasteiger partial charge on any atom is 0.240 e. The molecule has 0 radical (unpaired) electrons. The van der Waals surface area contributed by atoms with Gasteiger partial charge in [-0.15, -0.1) is 0 Å². The molecular formula is C33H33F2N5O7. The summed E-state index contributed by atoms with van der Waals surface area (Å²) >= 11 is 0. The number of carbonyl (C=O) groups is 3. The zero-order chi connectivity index (χ0) is 33.4. The Bertz CT molecular complexity index is 1770. The highest BCUT2D eigenvalue weighted by Gasteiger charge is 2.56. The number of pyridine rings is 1. The van der Waals surface area contributed by atoms with E-state index in [1.54, 1.807) is 18.2 Å². The fraction of sp³-hybridized carbons (Fsp3) is 0.273. The molecule has 1 saturated carbocycles. The van der Waals surface area contributed by atoms with Crippen LogP contribution < -0.4 is 35.6 Å². The third-order valence-electron chi connectivity index (χ3n) is 7.47. The molecule has 0 atom stereocenters. The van der Waals surface area contributed by atoms with Crippen molar-refractivity contribution in [2.75, 3.05) is 44.0 Å². The Hall–Kier alpha value is -5.18. The van der Waals surface area contributed by atoms with Crippen molar-refractivity contribution in [3.8, 4) is 23.0 Å². The van der Waals surface area contributed by atoms with E-state index >= 15 is 4.39 Å². The first-order valence-corrected chi connectivity index (χ1v) is 14.8. The van der Waals surface area contributed by atoms with Crippen molar-refractivity contribution < 1.29 is 42.6 Å². The number of rotatable bonds is 16. The summed E-state index contributed by atoms with van der Waals surface area (Å²) in [5.74, 6) is -1.45. The normalized spacial score (nSPS) is 13.1. The number of Topliss-reactive ketones (excluding diaryl/α,β-unsaturated/α-hetero) is 1. The number of anilines is 2. The Kier molecular flexibility index (Phi) is 10.6. The van der Waals surface area contributed by atoms with Gasteiger partial charge in [0.1, 0.15) is 17.0 Å². The minimum absolute atomic E-state index is 0.110. The number of nitrogens with one attached hydrogen (secondary N) is 4. The second kappa shape index (κ2) is 14.9. The SMILES string of the molecule is COc1cc2nccc(Oc3ccc(NC(=O)C4(C(=O)Nc5ccc(F)cc5)CC4)cc3F)c2cc1OCCCNCC(=O)CNO. The van der Waals surface area contributed by atoms with Gasteiger partial charge in [-0.05, 0) is 74.3 Å². The van der Waals surface area contributed by atoms with E-state index in [-0.39, 0.29) is 30.3 Å². The zero-order valence-corrected chi connectivity index (χ0v) is 25.4. The number of methoxy groups -OCH3 is 1. The average molecular weight is 650 g/mol.